The van der Waals surface area contributed by atoms with E-state index in [1.54, 1.807) is 7.05 Å². The number of hydrogen-bond donors (Lipinski definition) is 2. The van der Waals surface area contributed by atoms with Crippen LogP contribution in [0.3, 0.4) is 0 Å². The Morgan fingerprint density at radius 2 is 0.900 bits per heavy atom. The first kappa shape index (κ1) is 57.6. The first-order valence-corrected chi connectivity index (χ1v) is 25.5. The van der Waals surface area contributed by atoms with Gasteiger partial charge in [-0.2, -0.15) is 0 Å². The number of guanidine groups is 1. The first-order valence-electron chi connectivity index (χ1n) is 25.5. The second-order valence-electron chi connectivity index (χ2n) is 17.4. The van der Waals surface area contributed by atoms with Crippen molar-refractivity contribution in [3.63, 3.8) is 0 Å². The predicted molar refractivity (Wildman–Crippen MR) is 252 cm³/mol. The van der Waals surface area contributed by atoms with E-state index in [1.807, 2.05) is 0 Å². The van der Waals surface area contributed by atoms with Crippen molar-refractivity contribution in [1.29, 1.82) is 0 Å². The van der Waals surface area contributed by atoms with E-state index in [0.29, 0.717) is 19.4 Å². The van der Waals surface area contributed by atoms with Crippen LogP contribution < -0.4 is 10.6 Å². The van der Waals surface area contributed by atoms with Gasteiger partial charge in [-0.05, 0) is 96.7 Å². The maximum atomic E-state index is 12.8. The number of carbonyl (C=O) groups excluding carboxylic acids is 2. The Labute approximate surface area is 369 Å². The third kappa shape index (κ3) is 39.7. The lowest BCUT2D eigenvalue weighted by molar-refractivity contribution is -0.485. The zero-order valence-electron chi connectivity index (χ0n) is 40.0. The highest BCUT2D eigenvalue weighted by Gasteiger charge is 2.15. The van der Waals surface area contributed by atoms with Gasteiger partial charge in [0.2, 0.25) is 0 Å². The van der Waals surface area contributed by atoms with Crippen LogP contribution in [0.1, 0.15) is 252 Å². The summed E-state index contributed by atoms with van der Waals surface area (Å²) in [5.74, 6) is 0.127. The maximum Gasteiger partial charge on any atom is 0.306 e. The average molecular weight is 852 g/mol. The molecule has 11 nitrogen and oxygen atoms in total. The molecule has 11 heteroatoms. The smallest absolute Gasteiger partial charge is 0.306 e. The molecule has 0 spiro atoms. The molecular formula is C49H97N5O6. The van der Waals surface area contributed by atoms with E-state index < -0.39 is 5.03 Å². The summed E-state index contributed by atoms with van der Waals surface area (Å²) in [6.45, 7) is 12.4. The SMILES string of the molecule is CCCCCCCCC(CC)OC(=O)CCCCCCCN(CCCCCCCC(=O)OC(CCCCCCCC)CCCCCCCC)CCCN/C(=N/[N+](=O)[O-])NC. The van der Waals surface area contributed by atoms with Crippen LogP contribution in [0.15, 0.2) is 5.10 Å². The molecule has 0 saturated carbocycles. The van der Waals surface area contributed by atoms with Crippen LogP contribution in [-0.4, -0.2) is 73.3 Å². The van der Waals surface area contributed by atoms with Gasteiger partial charge < -0.3 is 25.0 Å². The summed E-state index contributed by atoms with van der Waals surface area (Å²) >= 11 is 0. The van der Waals surface area contributed by atoms with Crippen LogP contribution in [0, 0.1) is 10.1 Å². The molecule has 0 aromatic heterocycles. The van der Waals surface area contributed by atoms with Crippen molar-refractivity contribution in [2.45, 2.75) is 265 Å². The number of rotatable bonds is 45. The molecule has 354 valence electrons. The highest BCUT2D eigenvalue weighted by Crippen LogP contribution is 2.19. The van der Waals surface area contributed by atoms with Crippen molar-refractivity contribution in [3.8, 4) is 0 Å². The summed E-state index contributed by atoms with van der Waals surface area (Å²) in [7, 11) is 1.62. The molecule has 0 amide bonds. The lowest BCUT2D eigenvalue weighted by Crippen LogP contribution is -2.37. The lowest BCUT2D eigenvalue weighted by atomic mass is 10.0. The van der Waals surface area contributed by atoms with Crippen LogP contribution in [-0.2, 0) is 19.1 Å². The highest BCUT2D eigenvalue weighted by molar-refractivity contribution is 5.78. The minimum absolute atomic E-state index is 0.00898. The van der Waals surface area contributed by atoms with E-state index in [4.69, 9.17) is 9.47 Å². The topological polar surface area (TPSA) is 135 Å². The Hall–Kier alpha value is -2.43. The molecular weight excluding hydrogens is 755 g/mol. The van der Waals surface area contributed by atoms with Gasteiger partial charge in [-0.25, -0.2) is 10.1 Å². The molecule has 0 aromatic carbocycles. The molecule has 60 heavy (non-hydrogen) atoms. The summed E-state index contributed by atoms with van der Waals surface area (Å²) in [5, 5.41) is 19.2. The second kappa shape index (κ2) is 44.6. The third-order valence-corrected chi connectivity index (χ3v) is 11.8. The number of hydrogen-bond acceptors (Lipinski definition) is 7. The molecule has 0 fully saturated rings. The van der Waals surface area contributed by atoms with Crippen molar-refractivity contribution in [1.82, 2.24) is 15.5 Å². The van der Waals surface area contributed by atoms with Crippen molar-refractivity contribution >= 4 is 17.9 Å². The van der Waals surface area contributed by atoms with E-state index in [-0.39, 0.29) is 30.1 Å². The van der Waals surface area contributed by atoms with Crippen molar-refractivity contribution in [2.24, 2.45) is 5.10 Å². The lowest BCUT2D eigenvalue weighted by Gasteiger charge is -2.22. The minimum Gasteiger partial charge on any atom is -0.462 e. The summed E-state index contributed by atoms with van der Waals surface area (Å²) in [6, 6.07) is 0. The molecule has 0 rings (SSSR count). The number of carbonyl (C=O) groups is 2. The summed E-state index contributed by atoms with van der Waals surface area (Å²) in [6.07, 6.45) is 39.3. The quantitative estimate of drug-likeness (QED) is 0.0153. The Kier molecular flexibility index (Phi) is 42.8. The zero-order chi connectivity index (χ0) is 44.2. The molecule has 0 bridgehead atoms. The van der Waals surface area contributed by atoms with Crippen molar-refractivity contribution in [3.05, 3.63) is 10.1 Å². The highest BCUT2D eigenvalue weighted by atomic mass is 16.7. The molecule has 0 aliphatic carbocycles. The second-order valence-corrected chi connectivity index (χ2v) is 17.4. The number of ether oxygens (including phenoxy) is 2. The van der Waals surface area contributed by atoms with Gasteiger partial charge in [0, 0.05) is 26.4 Å². The van der Waals surface area contributed by atoms with Gasteiger partial charge in [-0.15, -0.1) is 0 Å². The van der Waals surface area contributed by atoms with Crippen LogP contribution >= 0.6 is 0 Å². The number of hydrazone groups is 1. The Morgan fingerprint density at radius 3 is 1.32 bits per heavy atom. The molecule has 1 unspecified atom stereocenters. The zero-order valence-corrected chi connectivity index (χ0v) is 40.0. The van der Waals surface area contributed by atoms with Gasteiger partial charge in [0.05, 0.1) is 0 Å². The van der Waals surface area contributed by atoms with Crippen LogP contribution in [0.25, 0.3) is 0 Å². The fraction of sp³-hybridized carbons (Fsp3) is 0.939. The third-order valence-electron chi connectivity index (χ3n) is 11.8. The van der Waals surface area contributed by atoms with Crippen LogP contribution in [0.2, 0.25) is 0 Å². The van der Waals surface area contributed by atoms with Crippen molar-refractivity contribution < 1.29 is 24.1 Å². The van der Waals surface area contributed by atoms with Gasteiger partial charge in [0.25, 0.3) is 5.96 Å². The Bertz CT molecular complexity index is 999. The monoisotopic (exact) mass is 852 g/mol. The van der Waals surface area contributed by atoms with E-state index in [0.717, 1.165) is 135 Å². The number of nitro groups is 1. The van der Waals surface area contributed by atoms with Gasteiger partial charge in [-0.1, -0.05) is 163 Å². The molecule has 0 saturated heterocycles. The minimum atomic E-state index is -0.693. The molecule has 0 aliphatic heterocycles. The largest absolute Gasteiger partial charge is 0.462 e. The van der Waals surface area contributed by atoms with Gasteiger partial charge in [-0.3, -0.25) is 9.59 Å². The molecule has 2 N–H and O–H groups in total. The van der Waals surface area contributed by atoms with Gasteiger partial charge in [0.1, 0.15) is 17.3 Å². The predicted octanol–water partition coefficient (Wildman–Crippen LogP) is 13.2. The van der Waals surface area contributed by atoms with E-state index >= 15 is 0 Å². The number of nitrogens with zero attached hydrogens (tertiary/aromatic N) is 3. The van der Waals surface area contributed by atoms with E-state index in [2.05, 4.69) is 48.3 Å². The molecule has 0 aliphatic rings. The number of esters is 2. The molecule has 0 radical (unpaired) electrons. The summed E-state index contributed by atoms with van der Waals surface area (Å²) < 4.78 is 11.9. The van der Waals surface area contributed by atoms with E-state index in [9.17, 15) is 19.7 Å². The average Bonchev–Trinajstić information content (AvgIpc) is 3.23. The van der Waals surface area contributed by atoms with Crippen LogP contribution in [0.5, 0.6) is 0 Å². The summed E-state index contributed by atoms with van der Waals surface area (Å²) in [4.78, 5) is 38.6. The molecule has 0 heterocycles. The Balaban J connectivity index is 4.58. The van der Waals surface area contributed by atoms with E-state index in [1.165, 1.54) is 96.3 Å². The standard InChI is InChI=1S/C49H97N5O6/c1-6-10-13-16-21-28-36-45(9-4)59-47(55)39-31-24-19-26-33-42-53(44-35-41-51-49(50-5)52-54(57)58)43-34-27-20-25-32-40-48(56)60-46(37-29-22-17-14-11-7-2)38-30-23-18-15-12-8-3/h45-46H,6-44H2,1-5H3,(H2,50,51,52). The molecule has 1 atom stereocenters. The van der Waals surface area contributed by atoms with Gasteiger partial charge in [0.15, 0.2) is 5.03 Å². The van der Waals surface area contributed by atoms with Gasteiger partial charge >= 0.3 is 11.9 Å². The summed E-state index contributed by atoms with van der Waals surface area (Å²) in [5.41, 5.74) is 0. The molecule has 0 aromatic rings. The first-order chi connectivity index (χ1) is 29.3. The fourth-order valence-corrected chi connectivity index (χ4v) is 7.93. The van der Waals surface area contributed by atoms with Crippen LogP contribution in [0.4, 0.5) is 0 Å². The number of nitrogens with one attached hydrogen (secondary N) is 2. The normalized spacial score (nSPS) is 12.3. The maximum absolute atomic E-state index is 12.8. The van der Waals surface area contributed by atoms with Crippen molar-refractivity contribution in [2.75, 3.05) is 33.2 Å². The number of unbranched alkanes of at least 4 members (excludes halogenated alkanes) is 23. The fourth-order valence-electron chi connectivity index (χ4n) is 7.93. The Morgan fingerprint density at radius 1 is 0.533 bits per heavy atom.